The molecule has 1 saturated carbocycles. The minimum atomic E-state index is 0.526. The SMILES string of the molecule is CCCn1nc(C)c(N)c1NC1CCCC(C)C1C. The molecule has 1 fully saturated rings. The van der Waals surface area contributed by atoms with Gasteiger partial charge in [-0.2, -0.15) is 5.10 Å². The lowest BCUT2D eigenvalue weighted by molar-refractivity contribution is 0.252. The monoisotopic (exact) mass is 264 g/mol. The van der Waals surface area contributed by atoms with E-state index in [1.165, 1.54) is 19.3 Å². The molecule has 3 N–H and O–H groups in total. The zero-order valence-electron chi connectivity index (χ0n) is 12.7. The second-order valence-electron chi connectivity index (χ2n) is 6.09. The summed E-state index contributed by atoms with van der Waals surface area (Å²) in [5.41, 5.74) is 7.94. The number of nitrogens with zero attached hydrogens (tertiary/aromatic N) is 2. The fourth-order valence-electron chi connectivity index (χ4n) is 3.08. The first kappa shape index (κ1) is 14.2. The predicted molar refractivity (Wildman–Crippen MR) is 81.3 cm³/mol. The van der Waals surface area contributed by atoms with Gasteiger partial charge >= 0.3 is 0 Å². The van der Waals surface area contributed by atoms with E-state index >= 15 is 0 Å². The number of anilines is 2. The Labute approximate surface area is 116 Å². The maximum Gasteiger partial charge on any atom is 0.148 e. The van der Waals surface area contributed by atoms with Gasteiger partial charge < -0.3 is 11.1 Å². The van der Waals surface area contributed by atoms with E-state index in [4.69, 9.17) is 5.73 Å². The molecular formula is C15H28N4. The van der Waals surface area contributed by atoms with Gasteiger partial charge in [0.25, 0.3) is 0 Å². The lowest BCUT2D eigenvalue weighted by atomic mass is 9.78. The fourth-order valence-corrected chi connectivity index (χ4v) is 3.08. The number of nitrogen functional groups attached to an aromatic ring is 1. The number of hydrogen-bond acceptors (Lipinski definition) is 3. The molecule has 1 aliphatic rings. The fraction of sp³-hybridized carbons (Fsp3) is 0.800. The summed E-state index contributed by atoms with van der Waals surface area (Å²) in [7, 11) is 0. The summed E-state index contributed by atoms with van der Waals surface area (Å²) in [5.74, 6) is 2.51. The van der Waals surface area contributed by atoms with Crippen molar-refractivity contribution >= 4 is 11.5 Å². The Kier molecular flexibility index (Phi) is 4.38. The van der Waals surface area contributed by atoms with Gasteiger partial charge in [-0.1, -0.05) is 33.6 Å². The molecule has 4 nitrogen and oxygen atoms in total. The smallest absolute Gasteiger partial charge is 0.148 e. The number of nitrogens with two attached hydrogens (primary N) is 1. The Morgan fingerprint density at radius 2 is 2.11 bits per heavy atom. The number of aromatic nitrogens is 2. The zero-order valence-corrected chi connectivity index (χ0v) is 12.7. The molecule has 0 spiro atoms. The minimum Gasteiger partial charge on any atom is -0.394 e. The van der Waals surface area contributed by atoms with Crippen LogP contribution in [0.15, 0.2) is 0 Å². The van der Waals surface area contributed by atoms with Crippen LogP contribution in [-0.4, -0.2) is 15.8 Å². The Morgan fingerprint density at radius 1 is 1.37 bits per heavy atom. The number of rotatable bonds is 4. The molecule has 1 aromatic rings. The van der Waals surface area contributed by atoms with Gasteiger partial charge in [0.05, 0.1) is 11.4 Å². The van der Waals surface area contributed by atoms with Gasteiger partial charge in [0.1, 0.15) is 5.82 Å². The lowest BCUT2D eigenvalue weighted by Crippen LogP contribution is -2.35. The molecule has 2 rings (SSSR count). The third kappa shape index (κ3) is 2.88. The largest absolute Gasteiger partial charge is 0.394 e. The highest BCUT2D eigenvalue weighted by Gasteiger charge is 2.28. The standard InChI is InChI=1S/C15H28N4/c1-5-9-19-15(14(16)12(4)18-19)17-13-8-6-7-10(2)11(13)3/h10-11,13,17H,5-9,16H2,1-4H3. The molecular weight excluding hydrogens is 236 g/mol. The van der Waals surface area contributed by atoms with Gasteiger partial charge in [-0.15, -0.1) is 0 Å². The molecule has 0 bridgehead atoms. The Bertz CT molecular complexity index is 424. The van der Waals surface area contributed by atoms with Crippen LogP contribution in [0.3, 0.4) is 0 Å². The van der Waals surface area contributed by atoms with Crippen molar-refractivity contribution in [2.45, 2.75) is 66.0 Å². The number of nitrogens with one attached hydrogen (secondary N) is 1. The van der Waals surface area contributed by atoms with Crippen LogP contribution in [0.2, 0.25) is 0 Å². The Hall–Kier alpha value is -1.19. The van der Waals surface area contributed by atoms with Crippen LogP contribution >= 0.6 is 0 Å². The summed E-state index contributed by atoms with van der Waals surface area (Å²) >= 11 is 0. The molecule has 1 aromatic heterocycles. The van der Waals surface area contributed by atoms with Crippen molar-refractivity contribution < 1.29 is 0 Å². The van der Waals surface area contributed by atoms with Gasteiger partial charge in [0, 0.05) is 12.6 Å². The highest BCUT2D eigenvalue weighted by atomic mass is 15.3. The van der Waals surface area contributed by atoms with Crippen molar-refractivity contribution in [1.29, 1.82) is 0 Å². The van der Waals surface area contributed by atoms with Gasteiger partial charge in [0.15, 0.2) is 0 Å². The highest BCUT2D eigenvalue weighted by molar-refractivity contribution is 5.65. The maximum absolute atomic E-state index is 6.19. The normalized spacial score (nSPS) is 27.5. The molecule has 3 atom stereocenters. The van der Waals surface area contributed by atoms with Gasteiger partial charge in [-0.25, -0.2) is 4.68 Å². The maximum atomic E-state index is 6.19. The number of hydrogen-bond donors (Lipinski definition) is 2. The first-order valence-electron chi connectivity index (χ1n) is 7.64. The molecule has 1 aliphatic carbocycles. The van der Waals surface area contributed by atoms with Crippen LogP contribution in [0.4, 0.5) is 11.5 Å². The Morgan fingerprint density at radius 3 is 2.79 bits per heavy atom. The van der Waals surface area contributed by atoms with Crippen LogP contribution in [0.5, 0.6) is 0 Å². The van der Waals surface area contributed by atoms with E-state index in [1.54, 1.807) is 0 Å². The van der Waals surface area contributed by atoms with E-state index < -0.39 is 0 Å². The van der Waals surface area contributed by atoms with E-state index in [0.29, 0.717) is 12.0 Å². The van der Waals surface area contributed by atoms with E-state index in [0.717, 1.165) is 36.1 Å². The van der Waals surface area contributed by atoms with Gasteiger partial charge in [0.2, 0.25) is 0 Å². The molecule has 0 amide bonds. The van der Waals surface area contributed by atoms with Crippen LogP contribution in [0.1, 0.15) is 52.1 Å². The third-order valence-corrected chi connectivity index (χ3v) is 4.64. The lowest BCUT2D eigenvalue weighted by Gasteiger charge is -2.35. The number of aryl methyl sites for hydroxylation is 2. The van der Waals surface area contributed by atoms with E-state index in [2.05, 4.69) is 31.2 Å². The average Bonchev–Trinajstić information content (AvgIpc) is 2.63. The second kappa shape index (κ2) is 5.85. The van der Waals surface area contributed by atoms with Crippen molar-refractivity contribution in [2.24, 2.45) is 11.8 Å². The van der Waals surface area contributed by atoms with E-state index in [9.17, 15) is 0 Å². The molecule has 0 aliphatic heterocycles. The average molecular weight is 264 g/mol. The van der Waals surface area contributed by atoms with Crippen molar-refractivity contribution in [3.8, 4) is 0 Å². The summed E-state index contributed by atoms with van der Waals surface area (Å²) in [6.07, 6.45) is 4.97. The summed E-state index contributed by atoms with van der Waals surface area (Å²) in [4.78, 5) is 0. The summed E-state index contributed by atoms with van der Waals surface area (Å²) < 4.78 is 2.04. The predicted octanol–water partition coefficient (Wildman–Crippen LogP) is 3.42. The molecule has 0 saturated heterocycles. The van der Waals surface area contributed by atoms with Crippen molar-refractivity contribution in [1.82, 2.24) is 9.78 Å². The quantitative estimate of drug-likeness (QED) is 0.876. The zero-order chi connectivity index (χ0) is 14.0. The van der Waals surface area contributed by atoms with Crippen molar-refractivity contribution in [2.75, 3.05) is 11.1 Å². The van der Waals surface area contributed by atoms with Crippen LogP contribution in [-0.2, 0) is 6.54 Å². The Balaban J connectivity index is 2.17. The van der Waals surface area contributed by atoms with E-state index in [-0.39, 0.29) is 0 Å². The first-order chi connectivity index (χ1) is 9.04. The molecule has 0 aromatic carbocycles. The molecule has 4 heteroatoms. The third-order valence-electron chi connectivity index (χ3n) is 4.64. The highest BCUT2D eigenvalue weighted by Crippen LogP contribution is 2.33. The van der Waals surface area contributed by atoms with E-state index in [1.807, 2.05) is 11.6 Å². The molecule has 0 radical (unpaired) electrons. The second-order valence-corrected chi connectivity index (χ2v) is 6.09. The minimum absolute atomic E-state index is 0.526. The first-order valence-corrected chi connectivity index (χ1v) is 7.64. The van der Waals surface area contributed by atoms with Crippen molar-refractivity contribution in [3.05, 3.63) is 5.69 Å². The summed E-state index contributed by atoms with van der Waals surface area (Å²) in [5, 5.41) is 8.22. The summed E-state index contributed by atoms with van der Waals surface area (Å²) in [6.45, 7) is 9.79. The van der Waals surface area contributed by atoms with Gasteiger partial charge in [-0.3, -0.25) is 0 Å². The van der Waals surface area contributed by atoms with Crippen LogP contribution < -0.4 is 11.1 Å². The van der Waals surface area contributed by atoms with Gasteiger partial charge in [-0.05, 0) is 31.6 Å². The molecule has 1 heterocycles. The summed E-state index contributed by atoms with van der Waals surface area (Å²) in [6, 6.07) is 0.526. The van der Waals surface area contributed by atoms with Crippen LogP contribution in [0.25, 0.3) is 0 Å². The topological polar surface area (TPSA) is 55.9 Å². The van der Waals surface area contributed by atoms with Crippen LogP contribution in [0, 0.1) is 18.8 Å². The van der Waals surface area contributed by atoms with Crippen molar-refractivity contribution in [3.63, 3.8) is 0 Å². The molecule has 3 unspecified atom stereocenters. The molecule has 19 heavy (non-hydrogen) atoms. The molecule has 108 valence electrons.